The molecule has 0 N–H and O–H groups in total. The van der Waals surface area contributed by atoms with E-state index in [0.29, 0.717) is 29.6 Å². The summed E-state index contributed by atoms with van der Waals surface area (Å²) in [5.74, 6) is 0.368. The van der Waals surface area contributed by atoms with E-state index in [9.17, 15) is 4.79 Å². The molecule has 0 radical (unpaired) electrons. The zero-order valence-corrected chi connectivity index (χ0v) is 11.8. The van der Waals surface area contributed by atoms with Gasteiger partial charge in [-0.25, -0.2) is 4.99 Å². The summed E-state index contributed by atoms with van der Waals surface area (Å²) < 4.78 is 5.41. The van der Waals surface area contributed by atoms with E-state index in [2.05, 4.69) is 9.98 Å². The first kappa shape index (κ1) is 12.5. The third-order valence-electron chi connectivity index (χ3n) is 3.78. The highest BCUT2D eigenvalue weighted by molar-refractivity contribution is 6.70. The fraction of sp³-hybridized carbons (Fsp3) is 0.188. The molecule has 1 unspecified atom stereocenters. The van der Waals surface area contributed by atoms with Crippen LogP contribution in [0.15, 0.2) is 51.0 Å². The fourth-order valence-electron chi connectivity index (χ4n) is 2.86. The van der Waals surface area contributed by atoms with E-state index in [0.717, 1.165) is 16.8 Å². The van der Waals surface area contributed by atoms with E-state index in [1.807, 2.05) is 30.3 Å². The second-order valence-electron chi connectivity index (χ2n) is 5.07. The molecule has 0 saturated heterocycles. The topological polar surface area (TPSA) is 54.9 Å². The first-order valence-electron chi connectivity index (χ1n) is 6.73. The van der Waals surface area contributed by atoms with Gasteiger partial charge in [0, 0.05) is 23.6 Å². The number of halogens is 1. The van der Waals surface area contributed by atoms with E-state index < -0.39 is 0 Å². The first-order valence-corrected chi connectivity index (χ1v) is 7.11. The Bertz CT molecular complexity index is 804. The predicted octanol–water partition coefficient (Wildman–Crippen LogP) is 3.56. The molecule has 0 bridgehead atoms. The van der Waals surface area contributed by atoms with Crippen LogP contribution >= 0.6 is 11.6 Å². The lowest BCUT2D eigenvalue weighted by Gasteiger charge is -2.26. The highest BCUT2D eigenvalue weighted by atomic mass is 35.5. The van der Waals surface area contributed by atoms with Crippen LogP contribution in [0.5, 0.6) is 0 Å². The minimum absolute atomic E-state index is 0.0223. The second kappa shape index (κ2) is 4.67. The van der Waals surface area contributed by atoms with E-state index >= 15 is 0 Å². The number of nitrogens with zero attached hydrogens (tertiary/aromatic N) is 2. The summed E-state index contributed by atoms with van der Waals surface area (Å²) in [5.41, 5.74) is 3.07. The van der Waals surface area contributed by atoms with Gasteiger partial charge in [-0.3, -0.25) is 9.79 Å². The van der Waals surface area contributed by atoms with Gasteiger partial charge in [0.05, 0.1) is 17.9 Å². The van der Waals surface area contributed by atoms with Crippen LogP contribution in [-0.4, -0.2) is 23.8 Å². The molecule has 0 spiro atoms. The van der Waals surface area contributed by atoms with Gasteiger partial charge in [-0.1, -0.05) is 23.7 Å². The minimum Gasteiger partial charge on any atom is -0.446 e. The number of hydrogen-bond acceptors (Lipinski definition) is 4. The average Bonchev–Trinajstić information content (AvgIpc) is 2.93. The Morgan fingerprint density at radius 2 is 2.19 bits per heavy atom. The molecular weight excluding hydrogens is 288 g/mol. The van der Waals surface area contributed by atoms with Gasteiger partial charge >= 0.3 is 0 Å². The van der Waals surface area contributed by atoms with E-state index in [4.69, 9.17) is 16.0 Å². The standard InChI is InChI=1S/C16H11ClN2O2/c17-10-3-1-2-9(8-10)13-11-5-7-21-16(11)19-14-12(20)4-6-18-15(13)14/h1-3,5,7-8,13H,4,6H2. The van der Waals surface area contributed by atoms with Crippen molar-refractivity contribution in [2.24, 2.45) is 9.98 Å². The zero-order chi connectivity index (χ0) is 14.4. The number of carbonyl (C=O) groups is 1. The van der Waals surface area contributed by atoms with Crippen molar-refractivity contribution < 1.29 is 9.21 Å². The molecule has 0 fully saturated rings. The number of furan rings is 1. The molecule has 1 aromatic heterocycles. The van der Waals surface area contributed by atoms with E-state index in [1.54, 1.807) is 6.26 Å². The highest BCUT2D eigenvalue weighted by Gasteiger charge is 2.36. The van der Waals surface area contributed by atoms with Crippen molar-refractivity contribution in [2.75, 3.05) is 6.54 Å². The van der Waals surface area contributed by atoms with Crippen LogP contribution in [-0.2, 0) is 4.79 Å². The molecule has 2 aliphatic rings. The summed E-state index contributed by atoms with van der Waals surface area (Å²) in [5, 5.41) is 0.657. The van der Waals surface area contributed by atoms with E-state index in [-0.39, 0.29) is 11.7 Å². The number of rotatable bonds is 1. The number of Topliss-reactive ketones (excluding diaryl/α,β-unsaturated/α-hetero) is 1. The normalized spacial score (nSPS) is 20.4. The van der Waals surface area contributed by atoms with Crippen molar-refractivity contribution in [3.05, 3.63) is 52.7 Å². The third-order valence-corrected chi connectivity index (χ3v) is 4.02. The Hall–Kier alpha value is -2.20. The molecular formula is C16H11ClN2O2. The van der Waals surface area contributed by atoms with Gasteiger partial charge in [0.25, 0.3) is 0 Å². The Kier molecular flexibility index (Phi) is 2.79. The van der Waals surface area contributed by atoms with Crippen LogP contribution in [0.1, 0.15) is 23.5 Å². The van der Waals surface area contributed by atoms with Crippen molar-refractivity contribution in [3.8, 4) is 0 Å². The number of fused-ring (bicyclic) bond motifs is 2. The fourth-order valence-corrected chi connectivity index (χ4v) is 3.05. The van der Waals surface area contributed by atoms with Crippen LogP contribution in [0.4, 0.5) is 5.88 Å². The second-order valence-corrected chi connectivity index (χ2v) is 5.51. The summed E-state index contributed by atoms with van der Waals surface area (Å²) in [7, 11) is 0. The lowest BCUT2D eigenvalue weighted by Crippen LogP contribution is -2.35. The van der Waals surface area contributed by atoms with Crippen LogP contribution in [0.2, 0.25) is 5.02 Å². The maximum atomic E-state index is 12.1. The smallest absolute Gasteiger partial charge is 0.223 e. The van der Waals surface area contributed by atoms with Gasteiger partial charge in [-0.05, 0) is 23.8 Å². The largest absolute Gasteiger partial charge is 0.446 e. The molecule has 0 amide bonds. The number of carbonyl (C=O) groups excluding carboxylic acids is 1. The van der Waals surface area contributed by atoms with Crippen molar-refractivity contribution in [1.29, 1.82) is 0 Å². The molecule has 1 aromatic carbocycles. The molecule has 4 nitrogen and oxygen atoms in total. The quantitative estimate of drug-likeness (QED) is 0.808. The van der Waals surface area contributed by atoms with Gasteiger partial charge in [0.2, 0.25) is 5.88 Å². The van der Waals surface area contributed by atoms with Crippen LogP contribution in [0, 0.1) is 0 Å². The van der Waals surface area contributed by atoms with Gasteiger partial charge in [-0.2, -0.15) is 0 Å². The maximum absolute atomic E-state index is 12.1. The molecule has 0 aliphatic carbocycles. The molecule has 104 valence electrons. The Morgan fingerprint density at radius 1 is 1.29 bits per heavy atom. The molecule has 5 heteroatoms. The van der Waals surface area contributed by atoms with E-state index in [1.165, 1.54) is 0 Å². The summed E-state index contributed by atoms with van der Waals surface area (Å²) >= 11 is 6.11. The van der Waals surface area contributed by atoms with Crippen molar-refractivity contribution >= 4 is 34.7 Å². The van der Waals surface area contributed by atoms with Crippen LogP contribution in [0.3, 0.4) is 0 Å². The Balaban J connectivity index is 1.95. The minimum atomic E-state index is -0.144. The lowest BCUT2D eigenvalue weighted by molar-refractivity contribution is -0.112. The molecule has 21 heavy (non-hydrogen) atoms. The highest BCUT2D eigenvalue weighted by Crippen LogP contribution is 2.39. The summed E-state index contributed by atoms with van der Waals surface area (Å²) in [6.07, 6.45) is 2.00. The predicted molar refractivity (Wildman–Crippen MR) is 81.0 cm³/mol. The summed E-state index contributed by atoms with van der Waals surface area (Å²) in [6, 6.07) is 9.48. The number of benzene rings is 1. The number of aliphatic imine (C=N–C) groups is 2. The summed E-state index contributed by atoms with van der Waals surface area (Å²) in [6.45, 7) is 0.511. The summed E-state index contributed by atoms with van der Waals surface area (Å²) in [4.78, 5) is 21.0. The van der Waals surface area contributed by atoms with Crippen molar-refractivity contribution in [1.82, 2.24) is 0 Å². The lowest BCUT2D eigenvalue weighted by atomic mass is 9.82. The SMILES string of the molecule is O=C1CCN=C2C1=Nc1occc1C2c1cccc(Cl)c1. The van der Waals surface area contributed by atoms with Crippen molar-refractivity contribution in [3.63, 3.8) is 0 Å². The van der Waals surface area contributed by atoms with Crippen LogP contribution in [0.25, 0.3) is 0 Å². The molecule has 2 aliphatic heterocycles. The number of hydrogen-bond donors (Lipinski definition) is 0. The zero-order valence-electron chi connectivity index (χ0n) is 11.0. The van der Waals surface area contributed by atoms with Crippen molar-refractivity contribution in [2.45, 2.75) is 12.3 Å². The number of ketones is 1. The van der Waals surface area contributed by atoms with Gasteiger partial charge < -0.3 is 4.42 Å². The molecule has 3 heterocycles. The third kappa shape index (κ3) is 1.94. The van der Waals surface area contributed by atoms with Gasteiger partial charge in [0.15, 0.2) is 5.78 Å². The Morgan fingerprint density at radius 3 is 3.05 bits per heavy atom. The average molecular weight is 299 g/mol. The monoisotopic (exact) mass is 298 g/mol. The molecule has 4 rings (SSSR count). The molecule has 2 aromatic rings. The maximum Gasteiger partial charge on any atom is 0.223 e. The molecule has 1 atom stereocenters. The first-order chi connectivity index (χ1) is 10.2. The Labute approximate surface area is 126 Å². The van der Waals surface area contributed by atoms with Crippen LogP contribution < -0.4 is 0 Å². The van der Waals surface area contributed by atoms with Gasteiger partial charge in [-0.15, -0.1) is 0 Å². The molecule has 0 saturated carbocycles. The van der Waals surface area contributed by atoms with Gasteiger partial charge in [0.1, 0.15) is 5.71 Å².